The zero-order chi connectivity index (χ0) is 13.8. The average Bonchev–Trinajstić information content (AvgIpc) is 2.39. The van der Waals surface area contributed by atoms with E-state index in [1.54, 1.807) is 6.07 Å². The van der Waals surface area contributed by atoms with Crippen LogP contribution in [0, 0.1) is 0 Å². The molecule has 0 aliphatic heterocycles. The Labute approximate surface area is 119 Å². The molecule has 0 saturated heterocycles. The van der Waals surface area contributed by atoms with Crippen LogP contribution in [0.25, 0.3) is 0 Å². The average molecular weight is 321 g/mol. The summed E-state index contributed by atoms with van der Waals surface area (Å²) in [6.07, 6.45) is 1.47. The Balaban J connectivity index is 2.11. The van der Waals surface area contributed by atoms with Crippen LogP contribution in [0.3, 0.4) is 0 Å². The van der Waals surface area contributed by atoms with Gasteiger partial charge in [-0.15, -0.1) is 0 Å². The number of rotatable bonds is 3. The molecule has 1 unspecified atom stereocenters. The molecule has 1 amide bonds. The van der Waals surface area contributed by atoms with Gasteiger partial charge in [-0.2, -0.15) is 0 Å². The molecule has 1 aromatic heterocycles. The molecule has 0 spiro atoms. The van der Waals surface area contributed by atoms with E-state index < -0.39 is 5.91 Å². The molecule has 0 aliphatic carbocycles. The molecular weight excluding hydrogens is 308 g/mol. The summed E-state index contributed by atoms with van der Waals surface area (Å²) in [7, 11) is 0. The summed E-state index contributed by atoms with van der Waals surface area (Å²) in [6.45, 7) is 1.88. The maximum Gasteiger partial charge on any atom is 0.274 e. The first kappa shape index (κ1) is 13.5. The van der Waals surface area contributed by atoms with Crippen molar-refractivity contribution in [1.82, 2.24) is 10.3 Å². The second-order valence-electron chi connectivity index (χ2n) is 4.12. The van der Waals surface area contributed by atoms with E-state index in [9.17, 15) is 9.90 Å². The summed E-state index contributed by atoms with van der Waals surface area (Å²) in [5.41, 5.74) is 1.01. The van der Waals surface area contributed by atoms with Crippen molar-refractivity contribution in [1.29, 1.82) is 0 Å². The van der Waals surface area contributed by atoms with Gasteiger partial charge in [0.25, 0.3) is 5.91 Å². The third-order valence-corrected chi connectivity index (χ3v) is 3.25. The molecule has 0 radical (unpaired) electrons. The summed E-state index contributed by atoms with van der Waals surface area (Å²) in [6, 6.07) is 10.5. The first-order valence-electron chi connectivity index (χ1n) is 5.78. The highest BCUT2D eigenvalue weighted by molar-refractivity contribution is 9.10. The lowest BCUT2D eigenvalue weighted by atomic mass is 10.1. The van der Waals surface area contributed by atoms with Crippen LogP contribution in [0.1, 0.15) is 29.0 Å². The highest BCUT2D eigenvalue weighted by atomic mass is 79.9. The van der Waals surface area contributed by atoms with Crippen molar-refractivity contribution in [2.45, 2.75) is 13.0 Å². The van der Waals surface area contributed by atoms with Crippen molar-refractivity contribution in [3.05, 3.63) is 58.3 Å². The molecule has 0 saturated carbocycles. The summed E-state index contributed by atoms with van der Waals surface area (Å²) in [5, 5.41) is 12.4. The molecule has 98 valence electrons. The maximum absolute atomic E-state index is 12.0. The van der Waals surface area contributed by atoms with E-state index in [1.165, 1.54) is 12.3 Å². The van der Waals surface area contributed by atoms with Gasteiger partial charge in [0.15, 0.2) is 5.69 Å². The van der Waals surface area contributed by atoms with Crippen LogP contribution in [0.4, 0.5) is 0 Å². The van der Waals surface area contributed by atoms with Gasteiger partial charge in [-0.1, -0.05) is 28.1 Å². The number of pyridine rings is 1. The van der Waals surface area contributed by atoms with E-state index >= 15 is 0 Å². The monoisotopic (exact) mass is 320 g/mol. The molecule has 2 aromatic rings. The van der Waals surface area contributed by atoms with Gasteiger partial charge < -0.3 is 10.4 Å². The second-order valence-corrected chi connectivity index (χ2v) is 5.03. The van der Waals surface area contributed by atoms with Crippen LogP contribution in [-0.2, 0) is 0 Å². The molecular formula is C14H13BrN2O2. The van der Waals surface area contributed by atoms with Crippen molar-refractivity contribution < 1.29 is 9.90 Å². The van der Waals surface area contributed by atoms with Gasteiger partial charge >= 0.3 is 0 Å². The molecule has 0 fully saturated rings. The Morgan fingerprint density at radius 3 is 2.63 bits per heavy atom. The summed E-state index contributed by atoms with van der Waals surface area (Å²) in [5.74, 6) is -0.517. The molecule has 0 aliphatic rings. The fraction of sp³-hybridized carbons (Fsp3) is 0.143. The molecule has 1 atom stereocenters. The van der Waals surface area contributed by atoms with Gasteiger partial charge in [0.05, 0.1) is 6.04 Å². The van der Waals surface area contributed by atoms with Crippen molar-refractivity contribution in [3.8, 4) is 5.75 Å². The number of nitrogens with one attached hydrogen (secondary N) is 1. The van der Waals surface area contributed by atoms with E-state index in [0.717, 1.165) is 10.0 Å². The lowest BCUT2D eigenvalue weighted by Gasteiger charge is -2.14. The summed E-state index contributed by atoms with van der Waals surface area (Å²) in [4.78, 5) is 15.8. The number of aromatic hydroxyl groups is 1. The Kier molecular flexibility index (Phi) is 4.16. The Morgan fingerprint density at radius 2 is 2.00 bits per heavy atom. The number of nitrogens with zero attached hydrogens (tertiary/aromatic N) is 1. The minimum Gasteiger partial charge on any atom is -0.505 e. The van der Waals surface area contributed by atoms with E-state index in [4.69, 9.17) is 0 Å². The molecule has 2 rings (SSSR count). The second kappa shape index (κ2) is 5.84. The highest BCUT2D eigenvalue weighted by Crippen LogP contribution is 2.18. The van der Waals surface area contributed by atoms with Gasteiger partial charge in [-0.3, -0.25) is 4.79 Å². The van der Waals surface area contributed by atoms with Crippen LogP contribution in [0.2, 0.25) is 0 Å². The number of carbonyl (C=O) groups excluding carboxylic acids is 1. The smallest absolute Gasteiger partial charge is 0.274 e. The topological polar surface area (TPSA) is 62.2 Å². The molecule has 4 nitrogen and oxygen atoms in total. The first-order valence-corrected chi connectivity index (χ1v) is 6.57. The molecule has 5 heteroatoms. The van der Waals surface area contributed by atoms with Crippen LogP contribution in [0.15, 0.2) is 47.1 Å². The van der Waals surface area contributed by atoms with Gasteiger partial charge in [0, 0.05) is 10.7 Å². The summed E-state index contributed by atoms with van der Waals surface area (Å²) >= 11 is 3.36. The third kappa shape index (κ3) is 3.32. The zero-order valence-electron chi connectivity index (χ0n) is 10.3. The normalized spacial score (nSPS) is 11.9. The highest BCUT2D eigenvalue weighted by Gasteiger charge is 2.15. The third-order valence-electron chi connectivity index (χ3n) is 2.72. The van der Waals surface area contributed by atoms with Gasteiger partial charge in [-0.05, 0) is 36.8 Å². The Bertz CT molecular complexity index is 584. The fourth-order valence-corrected chi connectivity index (χ4v) is 1.94. The minimum absolute atomic E-state index is 0.0338. The Hall–Kier alpha value is -1.88. The van der Waals surface area contributed by atoms with Crippen LogP contribution >= 0.6 is 15.9 Å². The van der Waals surface area contributed by atoms with E-state index in [-0.39, 0.29) is 17.5 Å². The fourth-order valence-electron chi connectivity index (χ4n) is 1.67. The van der Waals surface area contributed by atoms with Crippen molar-refractivity contribution >= 4 is 21.8 Å². The first-order chi connectivity index (χ1) is 9.08. The molecule has 0 bridgehead atoms. The maximum atomic E-state index is 12.0. The van der Waals surface area contributed by atoms with Crippen LogP contribution < -0.4 is 5.32 Å². The van der Waals surface area contributed by atoms with Crippen molar-refractivity contribution in [2.24, 2.45) is 0 Å². The van der Waals surface area contributed by atoms with Crippen LogP contribution in [-0.4, -0.2) is 16.0 Å². The quantitative estimate of drug-likeness (QED) is 0.913. The number of hydrogen-bond acceptors (Lipinski definition) is 3. The lowest BCUT2D eigenvalue weighted by Crippen LogP contribution is -2.27. The number of amides is 1. The SMILES string of the molecule is CC(NC(=O)c1ncccc1O)c1ccc(Br)cc1. The van der Waals surface area contributed by atoms with E-state index in [0.29, 0.717) is 0 Å². The molecule has 1 heterocycles. The lowest BCUT2D eigenvalue weighted by molar-refractivity contribution is 0.0932. The molecule has 1 aromatic carbocycles. The van der Waals surface area contributed by atoms with E-state index in [1.807, 2.05) is 31.2 Å². The number of carbonyl (C=O) groups is 1. The number of aromatic nitrogens is 1. The largest absolute Gasteiger partial charge is 0.505 e. The number of benzene rings is 1. The van der Waals surface area contributed by atoms with Crippen molar-refractivity contribution in [3.63, 3.8) is 0 Å². The van der Waals surface area contributed by atoms with Crippen molar-refractivity contribution in [2.75, 3.05) is 0 Å². The van der Waals surface area contributed by atoms with Gasteiger partial charge in [0.1, 0.15) is 5.75 Å². The number of halogens is 1. The van der Waals surface area contributed by atoms with E-state index in [2.05, 4.69) is 26.2 Å². The molecule has 19 heavy (non-hydrogen) atoms. The number of hydrogen-bond donors (Lipinski definition) is 2. The predicted octanol–water partition coefficient (Wildman–Crippen LogP) is 3.04. The standard InChI is InChI=1S/C14H13BrN2O2/c1-9(10-4-6-11(15)7-5-10)17-14(19)13-12(18)3-2-8-16-13/h2-9,18H,1H3,(H,17,19). The zero-order valence-corrected chi connectivity index (χ0v) is 11.9. The predicted molar refractivity (Wildman–Crippen MR) is 75.9 cm³/mol. The summed E-state index contributed by atoms with van der Waals surface area (Å²) < 4.78 is 0.983. The van der Waals surface area contributed by atoms with Gasteiger partial charge in [-0.25, -0.2) is 4.98 Å². The van der Waals surface area contributed by atoms with Crippen LogP contribution in [0.5, 0.6) is 5.75 Å². The Morgan fingerprint density at radius 1 is 1.32 bits per heavy atom. The molecule has 2 N–H and O–H groups in total. The van der Waals surface area contributed by atoms with Gasteiger partial charge in [0.2, 0.25) is 0 Å². The minimum atomic E-state index is -0.395.